The van der Waals surface area contributed by atoms with Gasteiger partial charge in [0.1, 0.15) is 0 Å². The van der Waals surface area contributed by atoms with Crippen LogP contribution in [0, 0.1) is 5.92 Å². The molecule has 27 heavy (non-hydrogen) atoms. The lowest BCUT2D eigenvalue weighted by Crippen LogP contribution is -2.41. The molecule has 1 N–H and O–H groups in total. The average molecular weight is 366 g/mol. The number of piperidine rings is 1. The molecule has 0 saturated carbocycles. The second kappa shape index (κ2) is 9.45. The quantitative estimate of drug-likeness (QED) is 0.780. The number of amides is 2. The van der Waals surface area contributed by atoms with Gasteiger partial charge in [-0.25, -0.2) is 4.79 Å². The van der Waals surface area contributed by atoms with Crippen molar-refractivity contribution in [3.8, 4) is 0 Å². The van der Waals surface area contributed by atoms with Crippen LogP contribution in [0.25, 0.3) is 0 Å². The molecule has 1 aliphatic heterocycles. The van der Waals surface area contributed by atoms with Crippen LogP contribution in [0.15, 0.2) is 54.6 Å². The van der Waals surface area contributed by atoms with Gasteiger partial charge >= 0.3 is 6.03 Å². The van der Waals surface area contributed by atoms with Crippen molar-refractivity contribution in [3.05, 3.63) is 60.2 Å². The normalized spacial score (nSPS) is 14.8. The third kappa shape index (κ3) is 5.25. The topological polar surface area (TPSA) is 35.6 Å². The van der Waals surface area contributed by atoms with E-state index < -0.39 is 0 Å². The molecule has 0 aliphatic carbocycles. The Kier molecular flexibility index (Phi) is 6.74. The van der Waals surface area contributed by atoms with Gasteiger partial charge in [0.25, 0.3) is 0 Å². The monoisotopic (exact) mass is 365 g/mol. The lowest BCUT2D eigenvalue weighted by Gasteiger charge is -2.32. The number of rotatable bonds is 6. The van der Waals surface area contributed by atoms with Crippen LogP contribution in [-0.2, 0) is 6.42 Å². The minimum atomic E-state index is 0.0174. The van der Waals surface area contributed by atoms with Gasteiger partial charge in [-0.1, -0.05) is 30.3 Å². The van der Waals surface area contributed by atoms with Crippen molar-refractivity contribution in [1.82, 2.24) is 4.90 Å². The van der Waals surface area contributed by atoms with Gasteiger partial charge in [-0.3, -0.25) is 0 Å². The predicted octanol–water partition coefficient (Wildman–Crippen LogP) is 5.02. The summed E-state index contributed by atoms with van der Waals surface area (Å²) in [5, 5.41) is 3.05. The second-order valence-corrected chi connectivity index (χ2v) is 7.27. The van der Waals surface area contributed by atoms with E-state index in [1.807, 2.05) is 17.0 Å². The highest BCUT2D eigenvalue weighted by atomic mass is 16.2. The van der Waals surface area contributed by atoms with Gasteiger partial charge in [0.15, 0.2) is 0 Å². The molecule has 3 rings (SSSR count). The van der Waals surface area contributed by atoms with Crippen molar-refractivity contribution in [3.63, 3.8) is 0 Å². The number of nitrogens with zero attached hydrogens (tertiary/aromatic N) is 2. The number of carbonyl (C=O) groups is 1. The average Bonchev–Trinajstić information content (AvgIpc) is 2.71. The Hall–Kier alpha value is -2.49. The molecule has 2 aromatic rings. The van der Waals surface area contributed by atoms with E-state index >= 15 is 0 Å². The Bertz CT molecular complexity index is 702. The molecule has 0 bridgehead atoms. The van der Waals surface area contributed by atoms with Crippen LogP contribution in [0.4, 0.5) is 16.2 Å². The van der Waals surface area contributed by atoms with E-state index in [2.05, 4.69) is 66.5 Å². The summed E-state index contributed by atoms with van der Waals surface area (Å²) in [6.07, 6.45) is 3.26. The first-order chi connectivity index (χ1) is 13.2. The molecule has 4 heteroatoms. The Morgan fingerprint density at radius 3 is 2.22 bits per heavy atom. The van der Waals surface area contributed by atoms with Crippen LogP contribution in [0.2, 0.25) is 0 Å². The van der Waals surface area contributed by atoms with Crippen LogP contribution >= 0.6 is 0 Å². The molecule has 2 aromatic carbocycles. The highest BCUT2D eigenvalue weighted by Crippen LogP contribution is 2.23. The van der Waals surface area contributed by atoms with Crippen LogP contribution in [-0.4, -0.2) is 37.1 Å². The standard InChI is InChI=1S/C23H31N3O/c1-3-25(4-2)22-12-10-21(11-13-22)24-23(27)26-16-14-20(15-17-26)18-19-8-6-5-7-9-19/h5-13,20H,3-4,14-18H2,1-2H3,(H,24,27). The zero-order valence-electron chi connectivity index (χ0n) is 16.5. The molecule has 4 nitrogen and oxygen atoms in total. The molecular formula is C23H31N3O. The zero-order valence-corrected chi connectivity index (χ0v) is 16.5. The maximum absolute atomic E-state index is 12.6. The molecule has 0 aromatic heterocycles. The van der Waals surface area contributed by atoms with Gasteiger partial charge in [-0.15, -0.1) is 0 Å². The maximum atomic E-state index is 12.6. The Morgan fingerprint density at radius 2 is 1.63 bits per heavy atom. The van der Waals surface area contributed by atoms with Crippen molar-refractivity contribution in [2.24, 2.45) is 5.92 Å². The van der Waals surface area contributed by atoms with E-state index in [1.54, 1.807) is 0 Å². The Morgan fingerprint density at radius 1 is 1.00 bits per heavy atom. The number of urea groups is 1. The molecular weight excluding hydrogens is 334 g/mol. The van der Waals surface area contributed by atoms with E-state index in [0.29, 0.717) is 5.92 Å². The third-order valence-corrected chi connectivity index (χ3v) is 5.52. The number of carbonyl (C=O) groups excluding carboxylic acids is 1. The van der Waals surface area contributed by atoms with Crippen molar-refractivity contribution >= 4 is 17.4 Å². The number of nitrogens with one attached hydrogen (secondary N) is 1. The van der Waals surface area contributed by atoms with Crippen molar-refractivity contribution in [2.45, 2.75) is 33.1 Å². The van der Waals surface area contributed by atoms with E-state index in [-0.39, 0.29) is 6.03 Å². The molecule has 144 valence electrons. The third-order valence-electron chi connectivity index (χ3n) is 5.52. The smallest absolute Gasteiger partial charge is 0.321 e. The number of hydrogen-bond acceptors (Lipinski definition) is 2. The fourth-order valence-electron chi connectivity index (χ4n) is 3.83. The summed E-state index contributed by atoms with van der Waals surface area (Å²) in [5.74, 6) is 0.671. The fourth-order valence-corrected chi connectivity index (χ4v) is 3.83. The Labute approximate surface area is 163 Å². The second-order valence-electron chi connectivity index (χ2n) is 7.27. The number of hydrogen-bond donors (Lipinski definition) is 1. The lowest BCUT2D eigenvalue weighted by molar-refractivity contribution is 0.182. The van der Waals surface area contributed by atoms with Gasteiger partial charge in [-0.05, 0) is 68.9 Å². The van der Waals surface area contributed by atoms with Crippen molar-refractivity contribution in [2.75, 3.05) is 36.4 Å². The van der Waals surface area contributed by atoms with Crippen LogP contribution in [0.5, 0.6) is 0 Å². The molecule has 0 radical (unpaired) electrons. The highest BCUT2D eigenvalue weighted by Gasteiger charge is 2.23. The molecule has 0 atom stereocenters. The first-order valence-electron chi connectivity index (χ1n) is 10.1. The van der Waals surface area contributed by atoms with E-state index in [0.717, 1.165) is 51.1 Å². The van der Waals surface area contributed by atoms with Gasteiger partial charge < -0.3 is 15.1 Å². The van der Waals surface area contributed by atoms with Gasteiger partial charge in [0.2, 0.25) is 0 Å². The SMILES string of the molecule is CCN(CC)c1ccc(NC(=O)N2CCC(Cc3ccccc3)CC2)cc1. The summed E-state index contributed by atoms with van der Waals surface area (Å²) in [5.41, 5.74) is 3.45. The van der Waals surface area contributed by atoms with E-state index in [1.165, 1.54) is 11.3 Å². The van der Waals surface area contributed by atoms with Crippen LogP contribution in [0.3, 0.4) is 0 Å². The molecule has 1 heterocycles. The summed E-state index contributed by atoms with van der Waals surface area (Å²) >= 11 is 0. The van der Waals surface area contributed by atoms with E-state index in [9.17, 15) is 4.79 Å². The summed E-state index contributed by atoms with van der Waals surface area (Å²) < 4.78 is 0. The molecule has 0 unspecified atom stereocenters. The summed E-state index contributed by atoms with van der Waals surface area (Å²) in [4.78, 5) is 16.8. The molecule has 2 amide bonds. The zero-order chi connectivity index (χ0) is 19.1. The largest absolute Gasteiger partial charge is 0.372 e. The predicted molar refractivity (Wildman–Crippen MR) is 113 cm³/mol. The first kappa shape index (κ1) is 19.3. The molecule has 0 spiro atoms. The number of anilines is 2. The summed E-state index contributed by atoms with van der Waals surface area (Å²) in [6.45, 7) is 7.95. The minimum absolute atomic E-state index is 0.0174. The number of likely N-dealkylation sites (tertiary alicyclic amines) is 1. The highest BCUT2D eigenvalue weighted by molar-refractivity contribution is 5.89. The molecule has 1 saturated heterocycles. The van der Waals surface area contributed by atoms with Gasteiger partial charge in [0, 0.05) is 37.6 Å². The molecule has 1 aliphatic rings. The van der Waals surface area contributed by atoms with Crippen LogP contribution in [0.1, 0.15) is 32.3 Å². The minimum Gasteiger partial charge on any atom is -0.372 e. The van der Waals surface area contributed by atoms with Crippen molar-refractivity contribution < 1.29 is 4.79 Å². The van der Waals surface area contributed by atoms with Gasteiger partial charge in [-0.2, -0.15) is 0 Å². The van der Waals surface area contributed by atoms with E-state index in [4.69, 9.17) is 0 Å². The molecule has 1 fully saturated rings. The number of benzene rings is 2. The van der Waals surface area contributed by atoms with Gasteiger partial charge in [0.05, 0.1) is 0 Å². The summed E-state index contributed by atoms with van der Waals surface area (Å²) in [6, 6.07) is 18.8. The Balaban J connectivity index is 1.48. The van der Waals surface area contributed by atoms with Crippen molar-refractivity contribution in [1.29, 1.82) is 0 Å². The maximum Gasteiger partial charge on any atom is 0.321 e. The lowest BCUT2D eigenvalue weighted by atomic mass is 9.90. The summed E-state index contributed by atoms with van der Waals surface area (Å²) in [7, 11) is 0. The first-order valence-corrected chi connectivity index (χ1v) is 10.1. The van der Waals surface area contributed by atoms with Crippen LogP contribution < -0.4 is 10.2 Å². The fraction of sp³-hybridized carbons (Fsp3) is 0.435.